The molecule has 2 aliphatic rings. The van der Waals surface area contributed by atoms with Crippen LogP contribution in [0.1, 0.15) is 29.6 Å². The third-order valence-corrected chi connectivity index (χ3v) is 5.36. The zero-order valence-electron chi connectivity index (χ0n) is 10.0. The molecule has 1 heterocycles. The molecule has 0 aromatic heterocycles. The second-order valence-electron chi connectivity index (χ2n) is 5.29. The summed E-state index contributed by atoms with van der Waals surface area (Å²) in [5.41, 5.74) is 0.768. The molecule has 2 unspecified atom stereocenters. The fraction of sp³-hybridized carbons (Fsp3) is 0.500. The lowest BCUT2D eigenvalue weighted by Gasteiger charge is -2.18. The van der Waals surface area contributed by atoms with Crippen LogP contribution in [0.5, 0.6) is 0 Å². The fourth-order valence-electron chi connectivity index (χ4n) is 3.23. The van der Waals surface area contributed by atoms with Crippen LogP contribution in [0.25, 0.3) is 0 Å². The molecule has 3 rings (SSSR count). The first-order valence-electron chi connectivity index (χ1n) is 6.39. The molecule has 18 heavy (non-hydrogen) atoms. The molecule has 2 fully saturated rings. The summed E-state index contributed by atoms with van der Waals surface area (Å²) < 4.78 is 1.83. The molecule has 0 spiro atoms. The first-order chi connectivity index (χ1) is 8.65. The van der Waals surface area contributed by atoms with Gasteiger partial charge in [0, 0.05) is 22.0 Å². The second-order valence-corrected chi connectivity index (χ2v) is 7.06. The number of halogens is 2. The first-order valence-corrected chi connectivity index (χ1v) is 7.98. The number of likely N-dealkylation sites (tertiary alicyclic amines) is 1. The van der Waals surface area contributed by atoms with E-state index < -0.39 is 0 Å². The molecule has 1 aliphatic heterocycles. The Labute approximate surface area is 124 Å². The number of rotatable bonds is 1. The average molecular weight is 373 g/mol. The number of carbonyl (C=O) groups is 1. The molecular formula is C14H15Br2NO. The predicted molar refractivity (Wildman–Crippen MR) is 78.6 cm³/mol. The summed E-state index contributed by atoms with van der Waals surface area (Å²) in [7, 11) is 0. The average Bonchev–Trinajstić information content (AvgIpc) is 2.91. The number of benzene rings is 1. The largest absolute Gasteiger partial charge is 0.338 e. The van der Waals surface area contributed by atoms with E-state index in [2.05, 4.69) is 31.9 Å². The summed E-state index contributed by atoms with van der Waals surface area (Å²) in [6.07, 6.45) is 3.94. The lowest BCUT2D eigenvalue weighted by molar-refractivity contribution is 0.0779. The topological polar surface area (TPSA) is 20.3 Å². The van der Waals surface area contributed by atoms with Crippen molar-refractivity contribution in [1.29, 1.82) is 0 Å². The van der Waals surface area contributed by atoms with E-state index in [0.29, 0.717) is 0 Å². The van der Waals surface area contributed by atoms with Gasteiger partial charge in [-0.2, -0.15) is 0 Å². The van der Waals surface area contributed by atoms with Crippen LogP contribution in [0.4, 0.5) is 0 Å². The van der Waals surface area contributed by atoms with Crippen LogP contribution < -0.4 is 0 Å². The van der Waals surface area contributed by atoms with Gasteiger partial charge in [0.2, 0.25) is 0 Å². The Morgan fingerprint density at radius 3 is 2.50 bits per heavy atom. The Balaban J connectivity index is 1.81. The maximum atomic E-state index is 12.5. The fourth-order valence-corrected chi connectivity index (χ4v) is 4.01. The molecule has 0 radical (unpaired) electrons. The van der Waals surface area contributed by atoms with Crippen molar-refractivity contribution in [3.63, 3.8) is 0 Å². The van der Waals surface area contributed by atoms with Crippen molar-refractivity contribution < 1.29 is 4.79 Å². The Bertz CT molecular complexity index is 477. The van der Waals surface area contributed by atoms with Gasteiger partial charge in [-0.1, -0.05) is 22.4 Å². The van der Waals surface area contributed by atoms with Gasteiger partial charge in [-0.3, -0.25) is 4.79 Å². The number of carbonyl (C=O) groups excluding carboxylic acids is 1. The molecule has 0 bridgehead atoms. The van der Waals surface area contributed by atoms with Crippen LogP contribution in [-0.2, 0) is 0 Å². The monoisotopic (exact) mass is 371 g/mol. The minimum Gasteiger partial charge on any atom is -0.338 e. The van der Waals surface area contributed by atoms with E-state index >= 15 is 0 Å². The number of hydrogen-bond donors (Lipinski definition) is 0. The molecule has 1 saturated carbocycles. The van der Waals surface area contributed by atoms with Crippen LogP contribution >= 0.6 is 31.9 Å². The molecule has 4 heteroatoms. The second kappa shape index (κ2) is 4.97. The highest BCUT2D eigenvalue weighted by Gasteiger charge is 2.38. The summed E-state index contributed by atoms with van der Waals surface area (Å²) in [6, 6.07) is 5.77. The van der Waals surface area contributed by atoms with Gasteiger partial charge in [0.05, 0.1) is 5.56 Å². The minimum atomic E-state index is 0.164. The van der Waals surface area contributed by atoms with E-state index in [1.165, 1.54) is 19.3 Å². The van der Waals surface area contributed by atoms with Gasteiger partial charge in [-0.15, -0.1) is 0 Å². The maximum absolute atomic E-state index is 12.5. The van der Waals surface area contributed by atoms with Gasteiger partial charge in [-0.05, 0) is 58.8 Å². The van der Waals surface area contributed by atoms with Crippen molar-refractivity contribution in [3.8, 4) is 0 Å². The first kappa shape index (κ1) is 12.7. The Morgan fingerprint density at radius 2 is 1.83 bits per heavy atom. The molecule has 96 valence electrons. The number of hydrogen-bond acceptors (Lipinski definition) is 1. The van der Waals surface area contributed by atoms with E-state index in [4.69, 9.17) is 0 Å². The standard InChI is InChI=1S/C14H15Br2NO/c15-11-4-5-13(16)12(6-11)14(18)17-7-9-2-1-3-10(9)8-17/h4-6,9-10H,1-3,7-8H2. The molecule has 1 aromatic carbocycles. The summed E-state index contributed by atoms with van der Waals surface area (Å²) in [5, 5.41) is 0. The number of fused-ring (bicyclic) bond motifs is 1. The maximum Gasteiger partial charge on any atom is 0.255 e. The normalized spacial score (nSPS) is 26.4. The third kappa shape index (κ3) is 2.25. The van der Waals surface area contributed by atoms with Crippen molar-refractivity contribution >= 4 is 37.8 Å². The van der Waals surface area contributed by atoms with Gasteiger partial charge in [0.15, 0.2) is 0 Å². The SMILES string of the molecule is O=C(c1cc(Br)ccc1Br)N1CC2CCCC2C1. The van der Waals surface area contributed by atoms with E-state index in [1.54, 1.807) is 0 Å². The van der Waals surface area contributed by atoms with Gasteiger partial charge in [-0.25, -0.2) is 0 Å². The lowest BCUT2D eigenvalue weighted by atomic mass is 10.0. The quantitative estimate of drug-likeness (QED) is 0.727. The zero-order valence-corrected chi connectivity index (χ0v) is 13.2. The van der Waals surface area contributed by atoms with Crippen molar-refractivity contribution in [2.75, 3.05) is 13.1 Å². The van der Waals surface area contributed by atoms with Crippen molar-refractivity contribution in [2.45, 2.75) is 19.3 Å². The van der Waals surface area contributed by atoms with Crippen LogP contribution in [0.15, 0.2) is 27.1 Å². The molecule has 1 aliphatic carbocycles. The Kier molecular flexibility index (Phi) is 3.50. The minimum absolute atomic E-state index is 0.164. The predicted octanol–water partition coefficient (Wildman–Crippen LogP) is 4.08. The molecule has 1 amide bonds. The van der Waals surface area contributed by atoms with Gasteiger partial charge >= 0.3 is 0 Å². The molecular weight excluding hydrogens is 358 g/mol. The van der Waals surface area contributed by atoms with Gasteiger partial charge < -0.3 is 4.90 Å². The van der Waals surface area contributed by atoms with Gasteiger partial charge in [0.1, 0.15) is 0 Å². The molecule has 2 atom stereocenters. The van der Waals surface area contributed by atoms with E-state index in [0.717, 1.165) is 39.4 Å². The highest BCUT2D eigenvalue weighted by molar-refractivity contribution is 9.11. The summed E-state index contributed by atoms with van der Waals surface area (Å²) in [6.45, 7) is 1.89. The van der Waals surface area contributed by atoms with Crippen molar-refractivity contribution in [1.82, 2.24) is 4.90 Å². The molecule has 0 N–H and O–H groups in total. The Hall–Kier alpha value is -0.350. The van der Waals surface area contributed by atoms with E-state index in [1.807, 2.05) is 23.1 Å². The third-order valence-electron chi connectivity index (χ3n) is 4.17. The van der Waals surface area contributed by atoms with E-state index in [-0.39, 0.29) is 5.91 Å². The molecule has 1 aromatic rings. The van der Waals surface area contributed by atoms with Crippen LogP contribution in [0, 0.1) is 11.8 Å². The van der Waals surface area contributed by atoms with Gasteiger partial charge in [0.25, 0.3) is 5.91 Å². The molecule has 2 nitrogen and oxygen atoms in total. The van der Waals surface area contributed by atoms with Crippen LogP contribution in [-0.4, -0.2) is 23.9 Å². The zero-order chi connectivity index (χ0) is 12.7. The van der Waals surface area contributed by atoms with E-state index in [9.17, 15) is 4.79 Å². The lowest BCUT2D eigenvalue weighted by Crippen LogP contribution is -2.29. The van der Waals surface area contributed by atoms with Crippen molar-refractivity contribution in [3.05, 3.63) is 32.7 Å². The summed E-state index contributed by atoms with van der Waals surface area (Å²) >= 11 is 6.90. The highest BCUT2D eigenvalue weighted by Crippen LogP contribution is 2.38. The summed E-state index contributed by atoms with van der Waals surface area (Å²) in [5.74, 6) is 1.66. The smallest absolute Gasteiger partial charge is 0.255 e. The highest BCUT2D eigenvalue weighted by atomic mass is 79.9. The number of nitrogens with zero attached hydrogens (tertiary/aromatic N) is 1. The molecule has 1 saturated heterocycles. The van der Waals surface area contributed by atoms with Crippen molar-refractivity contribution in [2.24, 2.45) is 11.8 Å². The van der Waals surface area contributed by atoms with Crippen LogP contribution in [0.2, 0.25) is 0 Å². The van der Waals surface area contributed by atoms with Crippen LogP contribution in [0.3, 0.4) is 0 Å². The number of amides is 1. The summed E-state index contributed by atoms with van der Waals surface area (Å²) in [4.78, 5) is 14.6. The Morgan fingerprint density at radius 1 is 1.17 bits per heavy atom.